The molecular formula is C24H34BrN3O4S2. The Morgan fingerprint density at radius 1 is 1.18 bits per heavy atom. The number of phenols is 1. The quantitative estimate of drug-likeness (QED) is 0.305. The van der Waals surface area contributed by atoms with Crippen molar-refractivity contribution < 1.29 is 18.6 Å². The number of aliphatic hydroxyl groups is 1. The molecule has 3 N–H and O–H groups in total. The molecule has 7 nitrogen and oxygen atoms in total. The van der Waals surface area contributed by atoms with Crippen LogP contribution in [0.15, 0.2) is 85.7 Å². The second-order valence-corrected chi connectivity index (χ2v) is 9.39. The van der Waals surface area contributed by atoms with Gasteiger partial charge in [-0.3, -0.25) is 4.72 Å². The number of thioether (sulfide) groups is 1. The van der Waals surface area contributed by atoms with Crippen LogP contribution in [-0.2, 0) is 10.0 Å². The molecule has 0 heterocycles. The highest BCUT2D eigenvalue weighted by Crippen LogP contribution is 2.34. The van der Waals surface area contributed by atoms with Crippen molar-refractivity contribution in [2.24, 2.45) is 10.2 Å². The first-order valence-electron chi connectivity index (χ1n) is 10.1. The monoisotopic (exact) mass is 571 g/mol. The van der Waals surface area contributed by atoms with E-state index in [1.165, 1.54) is 11.8 Å². The number of aryl methyl sites for hydroxylation is 1. The molecule has 0 fully saturated rings. The lowest BCUT2D eigenvalue weighted by Crippen LogP contribution is -2.21. The van der Waals surface area contributed by atoms with Crippen molar-refractivity contribution in [3.63, 3.8) is 0 Å². The summed E-state index contributed by atoms with van der Waals surface area (Å²) in [5, 5.41) is 26.1. The summed E-state index contributed by atoms with van der Waals surface area (Å²) < 4.78 is 27.1. The Morgan fingerprint density at radius 2 is 1.74 bits per heavy atom. The Bertz CT molecular complexity index is 1050. The van der Waals surface area contributed by atoms with E-state index in [0.29, 0.717) is 16.3 Å². The van der Waals surface area contributed by atoms with Crippen LogP contribution in [0.2, 0.25) is 0 Å². The van der Waals surface area contributed by atoms with Crippen LogP contribution in [0.5, 0.6) is 5.75 Å². The van der Waals surface area contributed by atoms with Crippen molar-refractivity contribution in [3.8, 4) is 5.75 Å². The summed E-state index contributed by atoms with van der Waals surface area (Å²) in [6.45, 7) is 15.0. The van der Waals surface area contributed by atoms with E-state index in [0.717, 1.165) is 17.1 Å². The van der Waals surface area contributed by atoms with Crippen LogP contribution in [0, 0.1) is 6.92 Å². The molecule has 0 aromatic heterocycles. The number of sulfonamides is 1. The van der Waals surface area contributed by atoms with Crippen molar-refractivity contribution >= 4 is 49.5 Å². The number of nitrogens with zero attached hydrogens (tertiary/aromatic N) is 2. The highest BCUT2D eigenvalue weighted by atomic mass is 79.9. The van der Waals surface area contributed by atoms with Crippen LogP contribution >= 0.6 is 27.7 Å². The van der Waals surface area contributed by atoms with Crippen LogP contribution in [0.1, 0.15) is 31.9 Å². The first kappa shape index (κ1) is 33.8. The Balaban J connectivity index is 0. The molecular weight excluding hydrogens is 538 g/mol. The number of rotatable bonds is 7. The molecule has 2 aromatic carbocycles. The number of hydrogen-bond donors (Lipinski definition) is 3. The lowest BCUT2D eigenvalue weighted by Gasteiger charge is -2.08. The zero-order chi connectivity index (χ0) is 26.7. The Morgan fingerprint density at radius 3 is 2.21 bits per heavy atom. The van der Waals surface area contributed by atoms with Gasteiger partial charge in [-0.2, -0.15) is 10.2 Å². The Hall–Kier alpha value is -2.40. The molecule has 0 aliphatic carbocycles. The van der Waals surface area contributed by atoms with E-state index >= 15 is 0 Å². The van der Waals surface area contributed by atoms with Crippen LogP contribution in [0.4, 0.5) is 5.69 Å². The SMILES string of the molecule is C=C(NS(=O)(=O)c1ccc(C)cc1)S/C=C\C.C=Cc1cc(Br)cc(N=NC)c1O.CC.CO. The van der Waals surface area contributed by atoms with Crippen LogP contribution in [-0.4, -0.2) is 32.8 Å². The first-order chi connectivity index (χ1) is 16.1. The average Bonchev–Trinajstić information content (AvgIpc) is 2.83. The number of halogens is 1. The molecule has 0 amide bonds. The summed E-state index contributed by atoms with van der Waals surface area (Å²) in [4.78, 5) is 0.241. The van der Waals surface area contributed by atoms with Gasteiger partial charge in [-0.05, 0) is 43.5 Å². The van der Waals surface area contributed by atoms with Gasteiger partial charge in [-0.1, -0.05) is 84.5 Å². The van der Waals surface area contributed by atoms with Gasteiger partial charge < -0.3 is 10.2 Å². The third-order valence-corrected chi connectivity index (χ3v) is 6.23. The highest BCUT2D eigenvalue weighted by Gasteiger charge is 2.13. The van der Waals surface area contributed by atoms with E-state index in [2.05, 4.69) is 44.0 Å². The smallest absolute Gasteiger partial charge is 0.262 e. The van der Waals surface area contributed by atoms with Gasteiger partial charge in [-0.15, -0.1) is 0 Å². The average molecular weight is 573 g/mol. The summed E-state index contributed by atoms with van der Waals surface area (Å²) in [5.74, 6) is 0.101. The molecule has 10 heteroatoms. The number of allylic oxidation sites excluding steroid dienone is 1. The second-order valence-electron chi connectivity index (χ2n) is 5.80. The van der Waals surface area contributed by atoms with Gasteiger partial charge in [-0.25, -0.2) is 8.42 Å². The number of hydrogen-bond acceptors (Lipinski definition) is 7. The van der Waals surface area contributed by atoms with Crippen molar-refractivity contribution in [3.05, 3.63) is 81.7 Å². The number of benzene rings is 2. The number of nitrogens with one attached hydrogen (secondary N) is 1. The van der Waals surface area contributed by atoms with Gasteiger partial charge in [0.1, 0.15) is 11.4 Å². The number of phenolic OH excluding ortho intramolecular Hbond substituents is 1. The van der Waals surface area contributed by atoms with Gasteiger partial charge in [0.2, 0.25) is 0 Å². The minimum absolute atomic E-state index is 0.101. The standard InChI is InChI=1S/C12H15NO2S2.C9H9BrN2O.C2H6.CH4O/c1-4-9-16-11(3)13-17(14,15)12-7-5-10(2)6-8-12;1-3-6-4-7(10)5-8(9(6)13)12-11-2;2*1-2/h4-9,13H,3H2,1-2H3;3-5,13H,1H2,2H3;1-2H3;2H,1H3/b9-4-;;;. The fourth-order valence-electron chi connectivity index (χ4n) is 2.05. The zero-order valence-electron chi connectivity index (χ0n) is 20.4. The predicted octanol–water partition coefficient (Wildman–Crippen LogP) is 7.16. The minimum Gasteiger partial charge on any atom is -0.505 e. The molecule has 34 heavy (non-hydrogen) atoms. The van der Waals surface area contributed by atoms with E-state index in [1.54, 1.807) is 54.9 Å². The third kappa shape index (κ3) is 12.7. The Labute approximate surface area is 216 Å². The normalized spacial score (nSPS) is 10.2. The topological polar surface area (TPSA) is 111 Å². The molecule has 0 saturated carbocycles. The third-order valence-electron chi connectivity index (χ3n) is 3.44. The van der Waals surface area contributed by atoms with E-state index < -0.39 is 10.0 Å². The fourth-order valence-corrected chi connectivity index (χ4v) is 4.24. The van der Waals surface area contributed by atoms with Crippen molar-refractivity contribution in [2.75, 3.05) is 14.2 Å². The number of azo groups is 1. The maximum Gasteiger partial charge on any atom is 0.262 e. The van der Waals surface area contributed by atoms with Gasteiger partial charge in [0.25, 0.3) is 10.0 Å². The molecule has 188 valence electrons. The molecule has 0 saturated heterocycles. The lowest BCUT2D eigenvalue weighted by molar-refractivity contribution is 0.399. The summed E-state index contributed by atoms with van der Waals surface area (Å²) >= 11 is 4.53. The maximum atomic E-state index is 11.9. The second kappa shape index (κ2) is 19.0. The highest BCUT2D eigenvalue weighted by molar-refractivity contribution is 9.10. The van der Waals surface area contributed by atoms with Gasteiger partial charge in [0.15, 0.2) is 0 Å². The number of aliphatic hydroxyl groups excluding tert-OH is 1. The van der Waals surface area contributed by atoms with Crippen LogP contribution in [0.25, 0.3) is 6.08 Å². The van der Waals surface area contributed by atoms with Gasteiger partial charge in [0.05, 0.1) is 9.92 Å². The fraction of sp³-hybridized carbons (Fsp3) is 0.250. The van der Waals surface area contributed by atoms with Crippen LogP contribution in [0.3, 0.4) is 0 Å². The molecule has 0 aliphatic rings. The minimum atomic E-state index is -3.51. The predicted molar refractivity (Wildman–Crippen MR) is 149 cm³/mol. The molecule has 2 rings (SSSR count). The first-order valence-corrected chi connectivity index (χ1v) is 13.3. The van der Waals surface area contributed by atoms with E-state index in [9.17, 15) is 13.5 Å². The van der Waals surface area contributed by atoms with E-state index in [1.807, 2.05) is 33.8 Å². The number of aromatic hydroxyl groups is 1. The summed E-state index contributed by atoms with van der Waals surface area (Å²) in [7, 11) is -0.961. The molecule has 0 spiro atoms. The summed E-state index contributed by atoms with van der Waals surface area (Å²) in [6.07, 6.45) is 3.38. The molecule has 0 unspecified atom stereocenters. The summed E-state index contributed by atoms with van der Waals surface area (Å²) in [6, 6.07) is 10.1. The van der Waals surface area contributed by atoms with E-state index in [-0.39, 0.29) is 10.6 Å². The zero-order valence-corrected chi connectivity index (χ0v) is 23.6. The van der Waals surface area contributed by atoms with Gasteiger partial charge in [0, 0.05) is 24.2 Å². The van der Waals surface area contributed by atoms with Crippen molar-refractivity contribution in [2.45, 2.75) is 32.6 Å². The molecule has 0 bridgehead atoms. The Kier molecular flexibility index (Phi) is 18.8. The summed E-state index contributed by atoms with van der Waals surface area (Å²) in [5.41, 5.74) is 2.09. The molecule has 2 aromatic rings. The molecule has 0 aliphatic heterocycles. The van der Waals surface area contributed by atoms with E-state index in [4.69, 9.17) is 5.11 Å². The van der Waals surface area contributed by atoms with Crippen LogP contribution < -0.4 is 4.72 Å². The maximum absolute atomic E-state index is 11.9. The molecule has 0 atom stereocenters. The van der Waals surface area contributed by atoms with Crippen molar-refractivity contribution in [1.82, 2.24) is 4.72 Å². The van der Waals surface area contributed by atoms with Crippen molar-refractivity contribution in [1.29, 1.82) is 0 Å². The largest absolute Gasteiger partial charge is 0.505 e. The lowest BCUT2D eigenvalue weighted by atomic mass is 10.2. The molecule has 0 radical (unpaired) electrons. The van der Waals surface area contributed by atoms with Gasteiger partial charge >= 0.3 is 0 Å².